The number of piperidine rings is 1. The van der Waals surface area contributed by atoms with E-state index in [0.717, 1.165) is 25.1 Å². The number of likely N-dealkylation sites (tertiary alicyclic amines) is 1. The van der Waals surface area contributed by atoms with Crippen molar-refractivity contribution in [2.75, 3.05) is 13.1 Å². The zero-order valence-electron chi connectivity index (χ0n) is 10.0. The van der Waals surface area contributed by atoms with Crippen molar-refractivity contribution in [2.24, 2.45) is 0 Å². The minimum absolute atomic E-state index is 0.0995. The highest BCUT2D eigenvalue weighted by Crippen LogP contribution is 2.12. The van der Waals surface area contributed by atoms with E-state index < -0.39 is 0 Å². The van der Waals surface area contributed by atoms with Gasteiger partial charge in [-0.25, -0.2) is 9.50 Å². The first-order valence-electron chi connectivity index (χ1n) is 6.19. The van der Waals surface area contributed by atoms with Crippen LogP contribution in [0, 0.1) is 0 Å². The molecule has 3 heterocycles. The number of hydrogen-bond acceptors (Lipinski definition) is 4. The lowest BCUT2D eigenvalue weighted by atomic mass is 10.1. The largest absolute Gasteiger partial charge is 0.392 e. The van der Waals surface area contributed by atoms with E-state index in [1.165, 1.54) is 4.52 Å². The van der Waals surface area contributed by atoms with E-state index in [-0.39, 0.29) is 11.7 Å². The average molecular weight is 248 g/mol. The van der Waals surface area contributed by atoms with Crippen LogP contribution in [0.15, 0.2) is 23.1 Å². The second-order valence-corrected chi connectivity index (χ2v) is 4.77. The minimum atomic E-state index is -0.254. The molecule has 0 saturated carbocycles. The third-order valence-electron chi connectivity index (χ3n) is 3.30. The molecule has 18 heavy (non-hydrogen) atoms. The van der Waals surface area contributed by atoms with Crippen LogP contribution in [0.5, 0.6) is 0 Å². The highest BCUT2D eigenvalue weighted by molar-refractivity contribution is 5.36. The maximum Gasteiger partial charge on any atom is 0.272 e. The predicted octanol–water partition coefficient (Wildman–Crippen LogP) is -0.0207. The van der Waals surface area contributed by atoms with Crippen LogP contribution < -0.4 is 5.56 Å². The van der Waals surface area contributed by atoms with Gasteiger partial charge in [-0.05, 0) is 19.4 Å². The number of H-pyrrole nitrogens is 1. The monoisotopic (exact) mass is 248 g/mol. The summed E-state index contributed by atoms with van der Waals surface area (Å²) in [5, 5.41) is 12.4. The van der Waals surface area contributed by atoms with Crippen LogP contribution in [0.3, 0.4) is 0 Å². The normalized spacial score (nSPS) is 21.5. The van der Waals surface area contributed by atoms with Gasteiger partial charge in [0.25, 0.3) is 5.56 Å². The van der Waals surface area contributed by atoms with Gasteiger partial charge in [-0.2, -0.15) is 0 Å². The predicted molar refractivity (Wildman–Crippen MR) is 66.3 cm³/mol. The molecule has 96 valence electrons. The number of aromatic nitrogens is 3. The van der Waals surface area contributed by atoms with Crippen molar-refractivity contribution < 1.29 is 5.11 Å². The fourth-order valence-electron chi connectivity index (χ4n) is 2.46. The summed E-state index contributed by atoms with van der Waals surface area (Å²) in [6.07, 6.45) is 3.30. The maximum atomic E-state index is 11.8. The Kier molecular flexibility index (Phi) is 2.89. The first kappa shape index (κ1) is 11.4. The van der Waals surface area contributed by atoms with E-state index >= 15 is 0 Å². The molecule has 1 aliphatic heterocycles. The molecule has 0 amide bonds. The van der Waals surface area contributed by atoms with Crippen LogP contribution >= 0.6 is 0 Å². The molecule has 0 spiro atoms. The zero-order chi connectivity index (χ0) is 12.5. The first-order chi connectivity index (χ1) is 8.72. The van der Waals surface area contributed by atoms with E-state index in [9.17, 15) is 9.90 Å². The van der Waals surface area contributed by atoms with Crippen molar-refractivity contribution in [1.82, 2.24) is 19.5 Å². The quantitative estimate of drug-likeness (QED) is 0.783. The molecule has 1 fully saturated rings. The SMILES string of the molecule is O=c1cc(CN2CCCC(O)C2)nc2cc[nH]n12. The molecule has 0 aromatic carbocycles. The van der Waals surface area contributed by atoms with Crippen molar-refractivity contribution >= 4 is 5.65 Å². The van der Waals surface area contributed by atoms with E-state index in [4.69, 9.17) is 0 Å². The number of nitrogens with zero attached hydrogens (tertiary/aromatic N) is 3. The van der Waals surface area contributed by atoms with Crippen molar-refractivity contribution in [3.63, 3.8) is 0 Å². The van der Waals surface area contributed by atoms with Crippen molar-refractivity contribution in [3.8, 4) is 0 Å². The highest BCUT2D eigenvalue weighted by Gasteiger charge is 2.18. The molecule has 2 N–H and O–H groups in total. The molecular weight excluding hydrogens is 232 g/mol. The summed E-state index contributed by atoms with van der Waals surface area (Å²) in [6.45, 7) is 2.23. The molecule has 6 heteroatoms. The molecule has 3 rings (SSSR count). The van der Waals surface area contributed by atoms with Gasteiger partial charge in [0.2, 0.25) is 0 Å². The number of fused-ring (bicyclic) bond motifs is 1. The Morgan fingerprint density at radius 2 is 2.44 bits per heavy atom. The summed E-state index contributed by atoms with van der Waals surface area (Å²) in [7, 11) is 0. The Morgan fingerprint density at radius 1 is 1.56 bits per heavy atom. The summed E-state index contributed by atoms with van der Waals surface area (Å²) < 4.78 is 1.41. The van der Waals surface area contributed by atoms with Gasteiger partial charge < -0.3 is 5.11 Å². The second kappa shape index (κ2) is 4.55. The molecule has 0 bridgehead atoms. The molecule has 6 nitrogen and oxygen atoms in total. The molecule has 2 aromatic rings. The fourth-order valence-corrected chi connectivity index (χ4v) is 2.46. The molecule has 1 unspecified atom stereocenters. The van der Waals surface area contributed by atoms with Crippen LogP contribution in [-0.4, -0.2) is 43.8 Å². The van der Waals surface area contributed by atoms with Crippen LogP contribution in [0.25, 0.3) is 5.65 Å². The van der Waals surface area contributed by atoms with Crippen LogP contribution in [0.4, 0.5) is 0 Å². The number of aromatic amines is 1. The zero-order valence-corrected chi connectivity index (χ0v) is 10.0. The lowest BCUT2D eigenvalue weighted by Gasteiger charge is -2.29. The van der Waals surface area contributed by atoms with Gasteiger partial charge in [0.15, 0.2) is 5.65 Å². The molecule has 0 aliphatic carbocycles. The lowest BCUT2D eigenvalue weighted by molar-refractivity contribution is 0.0662. The standard InChI is InChI=1S/C12H16N4O2/c17-10-2-1-5-15(8-10)7-9-6-12(18)16-11(14-9)3-4-13-16/h3-4,6,10,13,17H,1-2,5,7-8H2. The Balaban J connectivity index is 1.83. The van der Waals surface area contributed by atoms with E-state index in [1.807, 2.05) is 0 Å². The summed E-state index contributed by atoms with van der Waals surface area (Å²) in [5.41, 5.74) is 1.29. The highest BCUT2D eigenvalue weighted by atomic mass is 16.3. The third-order valence-corrected chi connectivity index (χ3v) is 3.30. The first-order valence-corrected chi connectivity index (χ1v) is 6.19. The van der Waals surface area contributed by atoms with Gasteiger partial charge in [-0.1, -0.05) is 0 Å². The molecule has 0 radical (unpaired) electrons. The topological polar surface area (TPSA) is 73.6 Å². The summed E-state index contributed by atoms with van der Waals surface area (Å²) in [4.78, 5) is 18.4. The van der Waals surface area contributed by atoms with Gasteiger partial charge in [0, 0.05) is 31.4 Å². The average Bonchev–Trinajstić information content (AvgIpc) is 2.77. The number of β-amino-alcohol motifs (C(OH)–C–C–N with tert-alkyl or cyclic N) is 1. The molecular formula is C12H16N4O2. The summed E-state index contributed by atoms with van der Waals surface area (Å²) >= 11 is 0. The van der Waals surface area contributed by atoms with Crippen LogP contribution in [0.2, 0.25) is 0 Å². The van der Waals surface area contributed by atoms with Gasteiger partial charge in [0.1, 0.15) is 0 Å². The Labute approximate surface area is 104 Å². The van der Waals surface area contributed by atoms with E-state index in [1.54, 1.807) is 18.3 Å². The van der Waals surface area contributed by atoms with Crippen LogP contribution in [0.1, 0.15) is 18.5 Å². The smallest absolute Gasteiger partial charge is 0.272 e. The van der Waals surface area contributed by atoms with E-state index in [2.05, 4.69) is 15.0 Å². The molecule has 2 aromatic heterocycles. The number of aliphatic hydroxyl groups excluding tert-OH is 1. The number of aliphatic hydroxyl groups is 1. The second-order valence-electron chi connectivity index (χ2n) is 4.77. The molecule has 1 saturated heterocycles. The van der Waals surface area contributed by atoms with Gasteiger partial charge in [0.05, 0.1) is 11.8 Å². The minimum Gasteiger partial charge on any atom is -0.392 e. The molecule has 1 aliphatic rings. The maximum absolute atomic E-state index is 11.8. The number of nitrogens with one attached hydrogen (secondary N) is 1. The lowest BCUT2D eigenvalue weighted by Crippen LogP contribution is -2.38. The fraction of sp³-hybridized carbons (Fsp3) is 0.500. The summed E-state index contributed by atoms with van der Waals surface area (Å²) in [5.74, 6) is 0. The Morgan fingerprint density at radius 3 is 3.28 bits per heavy atom. The van der Waals surface area contributed by atoms with Crippen molar-refractivity contribution in [3.05, 3.63) is 34.4 Å². The van der Waals surface area contributed by atoms with Gasteiger partial charge in [-0.3, -0.25) is 14.8 Å². The van der Waals surface area contributed by atoms with Crippen molar-refractivity contribution in [1.29, 1.82) is 0 Å². The van der Waals surface area contributed by atoms with Gasteiger partial charge >= 0.3 is 0 Å². The number of hydrogen-bond donors (Lipinski definition) is 2. The Bertz CT molecular complexity index is 603. The van der Waals surface area contributed by atoms with Crippen LogP contribution in [-0.2, 0) is 6.54 Å². The molecule has 1 atom stereocenters. The van der Waals surface area contributed by atoms with Gasteiger partial charge in [-0.15, -0.1) is 0 Å². The summed E-state index contributed by atoms with van der Waals surface area (Å²) in [6, 6.07) is 3.32. The van der Waals surface area contributed by atoms with Crippen molar-refractivity contribution in [2.45, 2.75) is 25.5 Å². The Hall–Kier alpha value is -1.66. The number of rotatable bonds is 2. The third kappa shape index (κ3) is 2.16. The van der Waals surface area contributed by atoms with E-state index in [0.29, 0.717) is 18.7 Å².